The van der Waals surface area contributed by atoms with Gasteiger partial charge < -0.3 is 0 Å². The molecule has 0 saturated heterocycles. The van der Waals surface area contributed by atoms with Crippen molar-refractivity contribution < 1.29 is 17.7 Å². The maximum atomic E-state index is 12.9. The fourth-order valence-corrected chi connectivity index (χ4v) is 2.89. The molecule has 0 spiro atoms. The number of hydrogen-bond donors (Lipinski definition) is 1. The summed E-state index contributed by atoms with van der Waals surface area (Å²) in [5.74, 6) is -0.864. The first-order valence-electron chi connectivity index (χ1n) is 5.01. The lowest BCUT2D eigenvalue weighted by molar-refractivity contribution is -0.388. The number of sulfonamides is 1. The molecule has 0 unspecified atom stereocenters. The SMILES string of the molecule is CC(C)(C)NS(=O)(=O)c1ccc(F)cc1[N+](=O)[O-]. The molecule has 0 aliphatic rings. The standard InChI is InChI=1S/C10H13FN2O4S/c1-10(2,3)12-18(16,17)9-5-4-7(11)6-8(9)13(14)15/h4-6,12H,1-3H3. The zero-order valence-corrected chi connectivity index (χ0v) is 10.9. The molecule has 18 heavy (non-hydrogen) atoms. The van der Waals surface area contributed by atoms with E-state index >= 15 is 0 Å². The summed E-state index contributed by atoms with van der Waals surface area (Å²) in [6, 6.07) is 2.32. The van der Waals surface area contributed by atoms with Crippen LogP contribution in [0.1, 0.15) is 20.8 Å². The summed E-state index contributed by atoms with van der Waals surface area (Å²) < 4.78 is 39.1. The van der Waals surface area contributed by atoms with Crippen molar-refractivity contribution in [3.63, 3.8) is 0 Å². The largest absolute Gasteiger partial charge is 0.292 e. The van der Waals surface area contributed by atoms with Gasteiger partial charge in [-0.25, -0.2) is 17.5 Å². The summed E-state index contributed by atoms with van der Waals surface area (Å²) in [6.07, 6.45) is 0. The quantitative estimate of drug-likeness (QED) is 0.673. The second-order valence-electron chi connectivity index (χ2n) is 4.72. The first kappa shape index (κ1) is 14.5. The molecule has 1 aromatic carbocycles. The number of nitro benzene ring substituents is 1. The van der Waals surface area contributed by atoms with Crippen LogP contribution < -0.4 is 4.72 Å². The number of nitro groups is 1. The lowest BCUT2D eigenvalue weighted by atomic mass is 10.1. The number of benzene rings is 1. The number of hydrogen-bond acceptors (Lipinski definition) is 4. The summed E-state index contributed by atoms with van der Waals surface area (Å²) >= 11 is 0. The van der Waals surface area contributed by atoms with Crippen LogP contribution in [0.15, 0.2) is 23.1 Å². The van der Waals surface area contributed by atoms with Crippen LogP contribution in [0.25, 0.3) is 0 Å². The molecule has 0 atom stereocenters. The number of halogens is 1. The van der Waals surface area contributed by atoms with Crippen molar-refractivity contribution in [2.75, 3.05) is 0 Å². The van der Waals surface area contributed by atoms with Crippen LogP contribution in [0.5, 0.6) is 0 Å². The van der Waals surface area contributed by atoms with Crippen LogP contribution in [0.2, 0.25) is 0 Å². The van der Waals surface area contributed by atoms with Gasteiger partial charge >= 0.3 is 0 Å². The Morgan fingerprint density at radius 2 is 1.89 bits per heavy atom. The molecule has 1 rings (SSSR count). The highest BCUT2D eigenvalue weighted by Crippen LogP contribution is 2.25. The van der Waals surface area contributed by atoms with E-state index in [-0.39, 0.29) is 0 Å². The van der Waals surface area contributed by atoms with E-state index in [2.05, 4.69) is 4.72 Å². The normalized spacial score (nSPS) is 12.4. The van der Waals surface area contributed by atoms with Crippen molar-refractivity contribution >= 4 is 15.7 Å². The third-order valence-corrected chi connectivity index (χ3v) is 3.65. The fourth-order valence-electron chi connectivity index (χ4n) is 1.32. The number of nitrogens with zero attached hydrogens (tertiary/aromatic N) is 1. The highest BCUT2D eigenvalue weighted by Gasteiger charge is 2.29. The van der Waals surface area contributed by atoms with Crippen molar-refractivity contribution in [2.24, 2.45) is 0 Å². The van der Waals surface area contributed by atoms with Gasteiger partial charge in [0.05, 0.1) is 11.0 Å². The van der Waals surface area contributed by atoms with Gasteiger partial charge in [-0.2, -0.15) is 0 Å². The Kier molecular flexibility index (Phi) is 3.72. The third-order valence-electron chi connectivity index (χ3n) is 1.85. The lowest BCUT2D eigenvalue weighted by Gasteiger charge is -2.20. The molecule has 0 heterocycles. The zero-order valence-electron chi connectivity index (χ0n) is 10.1. The summed E-state index contributed by atoms with van der Waals surface area (Å²) in [5, 5.41) is 10.7. The molecule has 0 fully saturated rings. The molecule has 0 radical (unpaired) electrons. The van der Waals surface area contributed by atoms with Crippen molar-refractivity contribution in [1.82, 2.24) is 4.72 Å². The number of nitrogens with one attached hydrogen (secondary N) is 1. The van der Waals surface area contributed by atoms with Gasteiger partial charge in [0.25, 0.3) is 5.69 Å². The van der Waals surface area contributed by atoms with Crippen LogP contribution >= 0.6 is 0 Å². The average Bonchev–Trinajstić information content (AvgIpc) is 2.12. The molecule has 0 aromatic heterocycles. The van der Waals surface area contributed by atoms with Crippen molar-refractivity contribution in [3.05, 3.63) is 34.1 Å². The van der Waals surface area contributed by atoms with Crippen molar-refractivity contribution in [3.8, 4) is 0 Å². The molecule has 0 bridgehead atoms. The highest BCUT2D eigenvalue weighted by atomic mass is 32.2. The van der Waals surface area contributed by atoms with Gasteiger partial charge in [-0.3, -0.25) is 10.1 Å². The van der Waals surface area contributed by atoms with Crippen molar-refractivity contribution in [2.45, 2.75) is 31.2 Å². The van der Waals surface area contributed by atoms with E-state index in [1.165, 1.54) is 0 Å². The molecule has 0 aliphatic carbocycles. The summed E-state index contributed by atoms with van der Waals surface area (Å²) in [7, 11) is -4.07. The van der Waals surface area contributed by atoms with Gasteiger partial charge in [0.1, 0.15) is 5.82 Å². The maximum Gasteiger partial charge on any atom is 0.292 e. The minimum Gasteiger partial charge on any atom is -0.258 e. The first-order valence-corrected chi connectivity index (χ1v) is 6.49. The summed E-state index contributed by atoms with van der Waals surface area (Å²) in [5.41, 5.74) is -1.58. The molecule has 0 saturated carbocycles. The van der Waals surface area contributed by atoms with E-state index in [4.69, 9.17) is 0 Å². The van der Waals surface area contributed by atoms with Gasteiger partial charge in [0.2, 0.25) is 10.0 Å². The van der Waals surface area contributed by atoms with Gasteiger partial charge in [0, 0.05) is 5.54 Å². The Morgan fingerprint density at radius 3 is 2.33 bits per heavy atom. The van der Waals surface area contributed by atoms with E-state index in [9.17, 15) is 22.9 Å². The Balaban J connectivity index is 3.37. The summed E-state index contributed by atoms with van der Waals surface area (Å²) in [4.78, 5) is 9.25. The lowest BCUT2D eigenvalue weighted by Crippen LogP contribution is -2.40. The Labute approximate surface area is 104 Å². The van der Waals surface area contributed by atoms with Gasteiger partial charge in [-0.1, -0.05) is 0 Å². The van der Waals surface area contributed by atoms with Crippen LogP contribution in [-0.2, 0) is 10.0 Å². The predicted molar refractivity (Wildman–Crippen MR) is 63.1 cm³/mol. The molecular weight excluding hydrogens is 263 g/mol. The van der Waals surface area contributed by atoms with E-state index in [0.717, 1.165) is 12.1 Å². The molecule has 100 valence electrons. The molecule has 0 amide bonds. The van der Waals surface area contributed by atoms with Crippen LogP contribution in [0, 0.1) is 15.9 Å². The molecular formula is C10H13FN2O4S. The van der Waals surface area contributed by atoms with Crippen LogP contribution in [0.3, 0.4) is 0 Å². The molecule has 1 N–H and O–H groups in total. The topological polar surface area (TPSA) is 89.3 Å². The van der Waals surface area contributed by atoms with E-state index in [1.54, 1.807) is 20.8 Å². The zero-order chi connectivity index (χ0) is 14.1. The smallest absolute Gasteiger partial charge is 0.258 e. The minimum absolute atomic E-state index is 0.552. The second kappa shape index (κ2) is 4.62. The second-order valence-corrected chi connectivity index (χ2v) is 6.38. The monoisotopic (exact) mass is 276 g/mol. The van der Waals surface area contributed by atoms with Crippen LogP contribution in [0.4, 0.5) is 10.1 Å². The molecule has 1 aromatic rings. The van der Waals surface area contributed by atoms with E-state index < -0.39 is 36.9 Å². The third kappa shape index (κ3) is 3.47. The van der Waals surface area contributed by atoms with E-state index in [1.807, 2.05) is 0 Å². The molecule has 6 nitrogen and oxygen atoms in total. The van der Waals surface area contributed by atoms with E-state index in [0.29, 0.717) is 6.07 Å². The van der Waals surface area contributed by atoms with Crippen LogP contribution in [-0.4, -0.2) is 18.9 Å². The average molecular weight is 276 g/mol. The maximum absolute atomic E-state index is 12.9. The van der Waals surface area contributed by atoms with Gasteiger partial charge in [0.15, 0.2) is 4.90 Å². The Hall–Kier alpha value is -1.54. The fraction of sp³-hybridized carbons (Fsp3) is 0.400. The van der Waals surface area contributed by atoms with Gasteiger partial charge in [-0.05, 0) is 32.9 Å². The van der Waals surface area contributed by atoms with Crippen molar-refractivity contribution in [1.29, 1.82) is 0 Å². The predicted octanol–water partition coefficient (Wildman–Crippen LogP) is 1.81. The minimum atomic E-state index is -4.07. The molecule has 8 heteroatoms. The van der Waals surface area contributed by atoms with Gasteiger partial charge in [-0.15, -0.1) is 0 Å². The summed E-state index contributed by atoms with van der Waals surface area (Å²) in [6.45, 7) is 4.79. The highest BCUT2D eigenvalue weighted by molar-refractivity contribution is 7.89. The number of rotatable bonds is 3. The Morgan fingerprint density at radius 1 is 1.33 bits per heavy atom. The molecule has 0 aliphatic heterocycles. The Bertz CT molecular complexity index is 578. The first-order chi connectivity index (χ1) is 8.03.